The number of carbonyl (C=O) groups excluding carboxylic acids is 2. The van der Waals surface area contributed by atoms with E-state index in [1.807, 2.05) is 20.8 Å². The summed E-state index contributed by atoms with van der Waals surface area (Å²) in [6.45, 7) is 6.26. The first-order valence-electron chi connectivity index (χ1n) is 10.4. The zero-order chi connectivity index (χ0) is 23.9. The molecule has 3 aromatic rings. The summed E-state index contributed by atoms with van der Waals surface area (Å²) in [7, 11) is 0. The molecule has 0 radical (unpaired) electrons. The molecule has 0 atom stereocenters. The number of aromatic hydroxyl groups is 1. The molecule has 33 heavy (non-hydrogen) atoms. The van der Waals surface area contributed by atoms with Crippen LogP contribution >= 0.6 is 11.6 Å². The SMILES string of the molecule is CC(C)(C)C(=O)N1CCn2c(c(O)n(-c3ccc(NC(=O)c4ccccn4)cc3Cl)c2=O)C1. The lowest BCUT2D eigenvalue weighted by Gasteiger charge is -2.32. The minimum atomic E-state index is -0.570. The second-order valence-corrected chi connectivity index (χ2v) is 9.26. The van der Waals surface area contributed by atoms with Gasteiger partial charge in [-0.1, -0.05) is 38.4 Å². The Morgan fingerprint density at radius 1 is 1.15 bits per heavy atom. The Labute approximate surface area is 195 Å². The van der Waals surface area contributed by atoms with E-state index in [9.17, 15) is 19.5 Å². The predicted molar refractivity (Wildman–Crippen MR) is 124 cm³/mol. The minimum absolute atomic E-state index is 0.0561. The number of rotatable bonds is 3. The molecule has 10 heteroatoms. The maximum Gasteiger partial charge on any atom is 0.336 e. The molecule has 2 amide bonds. The van der Waals surface area contributed by atoms with Crippen LogP contribution in [0.2, 0.25) is 5.02 Å². The monoisotopic (exact) mass is 469 g/mol. The molecule has 2 N–H and O–H groups in total. The summed E-state index contributed by atoms with van der Waals surface area (Å²) in [5, 5.41) is 13.7. The summed E-state index contributed by atoms with van der Waals surface area (Å²) in [4.78, 5) is 43.7. The van der Waals surface area contributed by atoms with Gasteiger partial charge in [0.15, 0.2) is 0 Å². The van der Waals surface area contributed by atoms with Crippen molar-refractivity contribution < 1.29 is 14.7 Å². The quantitative estimate of drug-likeness (QED) is 0.612. The van der Waals surface area contributed by atoms with Crippen molar-refractivity contribution in [2.45, 2.75) is 33.9 Å². The summed E-state index contributed by atoms with van der Waals surface area (Å²) < 4.78 is 2.57. The normalized spacial score (nSPS) is 13.5. The number of hydrogen-bond donors (Lipinski definition) is 2. The van der Waals surface area contributed by atoms with Gasteiger partial charge in [0, 0.05) is 30.4 Å². The van der Waals surface area contributed by atoms with Gasteiger partial charge in [0.2, 0.25) is 11.8 Å². The standard InChI is InChI=1S/C23H24ClN5O4/c1-23(2,3)21(32)27-10-11-28-18(13-27)20(31)29(22(28)33)17-8-7-14(12-15(17)24)26-19(30)16-6-4-5-9-25-16/h4-9,12,31H,10-11,13H2,1-3H3,(H,26,30). The number of nitrogens with zero attached hydrogens (tertiary/aromatic N) is 4. The average Bonchev–Trinajstić information content (AvgIpc) is 3.03. The highest BCUT2D eigenvalue weighted by molar-refractivity contribution is 6.32. The molecule has 3 heterocycles. The first-order valence-corrected chi connectivity index (χ1v) is 10.8. The molecule has 1 aliphatic rings. The number of aromatic nitrogens is 3. The summed E-state index contributed by atoms with van der Waals surface area (Å²) in [6, 6.07) is 9.63. The van der Waals surface area contributed by atoms with Crippen LogP contribution in [-0.4, -0.2) is 42.5 Å². The molecular formula is C23H24ClN5O4. The maximum atomic E-state index is 13.0. The summed E-state index contributed by atoms with van der Waals surface area (Å²) >= 11 is 6.43. The molecule has 0 bridgehead atoms. The van der Waals surface area contributed by atoms with Gasteiger partial charge in [0.05, 0.1) is 17.3 Å². The molecule has 1 aromatic carbocycles. The Balaban J connectivity index is 1.63. The molecule has 4 rings (SSSR count). The molecule has 1 aliphatic heterocycles. The molecule has 2 aromatic heterocycles. The van der Waals surface area contributed by atoms with E-state index in [1.165, 1.54) is 16.8 Å². The van der Waals surface area contributed by atoms with E-state index in [4.69, 9.17) is 11.6 Å². The van der Waals surface area contributed by atoms with Crippen molar-refractivity contribution in [3.8, 4) is 11.6 Å². The molecule has 0 fully saturated rings. The lowest BCUT2D eigenvalue weighted by Crippen LogP contribution is -2.45. The Morgan fingerprint density at radius 2 is 1.91 bits per heavy atom. The number of nitrogens with one attached hydrogen (secondary N) is 1. The molecule has 172 valence electrons. The highest BCUT2D eigenvalue weighted by Crippen LogP contribution is 2.31. The van der Waals surface area contributed by atoms with Crippen LogP contribution in [0.3, 0.4) is 0 Å². The number of benzene rings is 1. The minimum Gasteiger partial charge on any atom is -0.493 e. The van der Waals surface area contributed by atoms with E-state index in [0.717, 1.165) is 4.57 Å². The molecule has 0 saturated carbocycles. The van der Waals surface area contributed by atoms with Gasteiger partial charge in [-0.05, 0) is 30.3 Å². The van der Waals surface area contributed by atoms with E-state index in [-0.39, 0.29) is 41.3 Å². The number of hydrogen-bond acceptors (Lipinski definition) is 5. The first-order chi connectivity index (χ1) is 15.6. The van der Waals surface area contributed by atoms with Crippen LogP contribution in [0.4, 0.5) is 5.69 Å². The zero-order valence-electron chi connectivity index (χ0n) is 18.5. The van der Waals surface area contributed by atoms with Gasteiger partial charge >= 0.3 is 5.69 Å². The van der Waals surface area contributed by atoms with Gasteiger partial charge in [0.1, 0.15) is 11.4 Å². The number of carbonyl (C=O) groups is 2. The molecule has 0 unspecified atom stereocenters. The second kappa shape index (κ2) is 8.40. The van der Waals surface area contributed by atoms with Gasteiger partial charge in [-0.2, -0.15) is 0 Å². The fourth-order valence-electron chi connectivity index (χ4n) is 3.77. The fraction of sp³-hybridized carbons (Fsp3) is 0.304. The third-order valence-electron chi connectivity index (χ3n) is 5.42. The number of pyridine rings is 1. The summed E-state index contributed by atoms with van der Waals surface area (Å²) in [5.74, 6) is -0.722. The fourth-order valence-corrected chi connectivity index (χ4v) is 4.03. The van der Waals surface area contributed by atoms with Crippen LogP contribution in [-0.2, 0) is 17.9 Å². The molecule has 0 saturated heterocycles. The van der Waals surface area contributed by atoms with Gasteiger partial charge in [-0.15, -0.1) is 0 Å². The van der Waals surface area contributed by atoms with Crippen LogP contribution in [0.5, 0.6) is 5.88 Å². The molecule has 9 nitrogen and oxygen atoms in total. The van der Waals surface area contributed by atoms with Gasteiger partial charge in [-0.25, -0.2) is 9.36 Å². The van der Waals surface area contributed by atoms with Gasteiger partial charge < -0.3 is 15.3 Å². The van der Waals surface area contributed by atoms with Crippen molar-refractivity contribution in [3.63, 3.8) is 0 Å². The van der Waals surface area contributed by atoms with E-state index in [0.29, 0.717) is 17.9 Å². The lowest BCUT2D eigenvalue weighted by molar-refractivity contribution is -0.141. The van der Waals surface area contributed by atoms with Crippen LogP contribution in [0, 0.1) is 5.41 Å². The average molecular weight is 470 g/mol. The molecular weight excluding hydrogens is 446 g/mol. The van der Waals surface area contributed by atoms with Crippen molar-refractivity contribution in [2.24, 2.45) is 5.41 Å². The van der Waals surface area contributed by atoms with Crippen molar-refractivity contribution in [1.29, 1.82) is 0 Å². The van der Waals surface area contributed by atoms with Crippen LogP contribution in [0.1, 0.15) is 37.0 Å². The molecule has 0 spiro atoms. The van der Waals surface area contributed by atoms with Gasteiger partial charge in [0.25, 0.3) is 5.91 Å². The number of amides is 2. The first kappa shape index (κ1) is 22.6. The van der Waals surface area contributed by atoms with Crippen molar-refractivity contribution >= 4 is 29.1 Å². The zero-order valence-corrected chi connectivity index (χ0v) is 19.3. The predicted octanol–water partition coefficient (Wildman–Crippen LogP) is 3.03. The van der Waals surface area contributed by atoms with Crippen molar-refractivity contribution in [2.75, 3.05) is 11.9 Å². The lowest BCUT2D eigenvalue weighted by atomic mass is 9.94. The van der Waals surface area contributed by atoms with Crippen LogP contribution in [0.15, 0.2) is 47.4 Å². The Kier molecular flexibility index (Phi) is 5.75. The van der Waals surface area contributed by atoms with E-state index >= 15 is 0 Å². The highest BCUT2D eigenvalue weighted by Gasteiger charge is 2.33. The number of halogens is 1. The smallest absolute Gasteiger partial charge is 0.336 e. The molecule has 0 aliphatic carbocycles. The van der Waals surface area contributed by atoms with Crippen molar-refractivity contribution in [1.82, 2.24) is 19.0 Å². The Bertz CT molecular complexity index is 1290. The topological polar surface area (TPSA) is 109 Å². The summed E-state index contributed by atoms with van der Waals surface area (Å²) in [5.41, 5.74) is 0.272. The van der Waals surface area contributed by atoms with E-state index < -0.39 is 17.0 Å². The van der Waals surface area contributed by atoms with Crippen LogP contribution in [0.25, 0.3) is 5.69 Å². The second-order valence-electron chi connectivity index (χ2n) is 8.85. The number of fused-ring (bicyclic) bond motifs is 1. The summed E-state index contributed by atoms with van der Waals surface area (Å²) in [6.07, 6.45) is 1.52. The Hall–Kier alpha value is -3.59. The number of imidazole rings is 1. The largest absolute Gasteiger partial charge is 0.493 e. The van der Waals surface area contributed by atoms with Crippen LogP contribution < -0.4 is 11.0 Å². The highest BCUT2D eigenvalue weighted by atomic mass is 35.5. The number of anilines is 1. The third-order valence-corrected chi connectivity index (χ3v) is 5.73. The Morgan fingerprint density at radius 3 is 2.55 bits per heavy atom. The van der Waals surface area contributed by atoms with E-state index in [1.54, 1.807) is 35.2 Å². The van der Waals surface area contributed by atoms with Gasteiger partial charge in [-0.3, -0.25) is 19.1 Å². The maximum absolute atomic E-state index is 13.0. The third kappa shape index (κ3) is 4.23. The van der Waals surface area contributed by atoms with Crippen molar-refractivity contribution in [3.05, 3.63) is 69.5 Å². The van der Waals surface area contributed by atoms with E-state index in [2.05, 4.69) is 10.3 Å².